The summed E-state index contributed by atoms with van der Waals surface area (Å²) in [5, 5.41) is 2.73. The minimum Gasteiger partial charge on any atom is -0.344 e. The van der Waals surface area contributed by atoms with Crippen LogP contribution in [0, 0.1) is 0 Å². The molecule has 21 heavy (non-hydrogen) atoms. The number of carbonyl (C=O) groups is 3. The van der Waals surface area contributed by atoms with Crippen LogP contribution < -0.4 is 10.2 Å². The molecule has 2 heterocycles. The molecular weight excluding hydrogens is 268 g/mol. The average molecular weight is 286 g/mol. The van der Waals surface area contributed by atoms with Crippen molar-refractivity contribution in [2.75, 3.05) is 11.4 Å². The molecule has 0 aliphatic carbocycles. The van der Waals surface area contributed by atoms with E-state index in [9.17, 15) is 14.4 Å². The summed E-state index contributed by atoms with van der Waals surface area (Å²) in [4.78, 5) is 37.1. The lowest BCUT2D eigenvalue weighted by Crippen LogP contribution is -2.46. The normalized spacial score (nSPS) is 20.9. The zero-order valence-electron chi connectivity index (χ0n) is 12.0. The van der Waals surface area contributed by atoms with Gasteiger partial charge < -0.3 is 10.2 Å². The Morgan fingerprint density at radius 2 is 2.10 bits per heavy atom. The monoisotopic (exact) mass is 286 g/mol. The van der Waals surface area contributed by atoms with Gasteiger partial charge in [0.05, 0.1) is 0 Å². The van der Waals surface area contributed by atoms with Crippen molar-refractivity contribution >= 4 is 23.3 Å². The molecule has 1 aromatic carbocycles. The van der Waals surface area contributed by atoms with Gasteiger partial charge in [0.15, 0.2) is 5.78 Å². The molecule has 1 N–H and O–H groups in total. The highest BCUT2D eigenvalue weighted by Crippen LogP contribution is 2.29. The van der Waals surface area contributed by atoms with E-state index in [1.165, 1.54) is 0 Å². The number of benzene rings is 1. The maximum atomic E-state index is 12.6. The maximum absolute atomic E-state index is 12.6. The van der Waals surface area contributed by atoms with Crippen molar-refractivity contribution in [3.63, 3.8) is 0 Å². The molecule has 5 nitrogen and oxygen atoms in total. The maximum Gasteiger partial charge on any atom is 0.249 e. The largest absolute Gasteiger partial charge is 0.344 e. The molecule has 0 aromatic heterocycles. The van der Waals surface area contributed by atoms with Crippen molar-refractivity contribution in [1.82, 2.24) is 5.32 Å². The summed E-state index contributed by atoms with van der Waals surface area (Å²) in [6.07, 6.45) is 2.73. The molecule has 2 aliphatic rings. The molecule has 0 saturated carbocycles. The summed E-state index contributed by atoms with van der Waals surface area (Å²) in [5.74, 6) is -0.0702. The predicted molar refractivity (Wildman–Crippen MR) is 78.3 cm³/mol. The van der Waals surface area contributed by atoms with Gasteiger partial charge in [0.1, 0.15) is 6.04 Å². The molecule has 2 aliphatic heterocycles. The summed E-state index contributed by atoms with van der Waals surface area (Å²) in [7, 11) is 0. The number of anilines is 1. The van der Waals surface area contributed by atoms with E-state index in [1.807, 2.05) is 12.1 Å². The first-order chi connectivity index (χ1) is 10.1. The lowest BCUT2D eigenvalue weighted by atomic mass is 9.97. The van der Waals surface area contributed by atoms with E-state index in [4.69, 9.17) is 0 Å². The minimum atomic E-state index is -0.407. The number of hydrogen-bond donors (Lipinski definition) is 1. The Labute approximate surface area is 123 Å². The smallest absolute Gasteiger partial charge is 0.249 e. The number of carbonyl (C=O) groups excluding carboxylic acids is 3. The number of nitrogens with zero attached hydrogens (tertiary/aromatic N) is 1. The van der Waals surface area contributed by atoms with Gasteiger partial charge in [-0.1, -0.05) is 0 Å². The van der Waals surface area contributed by atoms with Crippen LogP contribution in [0.5, 0.6) is 0 Å². The van der Waals surface area contributed by atoms with Gasteiger partial charge in [-0.3, -0.25) is 14.4 Å². The van der Waals surface area contributed by atoms with Gasteiger partial charge in [-0.2, -0.15) is 0 Å². The number of fused-ring (bicyclic) bond motifs is 1. The van der Waals surface area contributed by atoms with Crippen molar-refractivity contribution < 1.29 is 14.4 Å². The fraction of sp³-hybridized carbons (Fsp3) is 0.438. The second kappa shape index (κ2) is 5.31. The first-order valence-corrected chi connectivity index (χ1v) is 7.31. The predicted octanol–water partition coefficient (Wildman–Crippen LogP) is 1.45. The van der Waals surface area contributed by atoms with Gasteiger partial charge in [-0.05, 0) is 49.9 Å². The van der Waals surface area contributed by atoms with Crippen LogP contribution in [0.3, 0.4) is 0 Å². The second-order valence-electron chi connectivity index (χ2n) is 5.65. The van der Waals surface area contributed by atoms with Crippen LogP contribution in [0.15, 0.2) is 18.2 Å². The van der Waals surface area contributed by atoms with Gasteiger partial charge in [0, 0.05) is 24.2 Å². The zero-order chi connectivity index (χ0) is 15.0. The van der Waals surface area contributed by atoms with Crippen molar-refractivity contribution in [3.05, 3.63) is 29.3 Å². The molecule has 0 bridgehead atoms. The number of rotatable bonds is 2. The summed E-state index contributed by atoms with van der Waals surface area (Å²) in [6, 6.07) is 5.08. The van der Waals surface area contributed by atoms with Gasteiger partial charge in [-0.15, -0.1) is 0 Å². The van der Waals surface area contributed by atoms with Crippen LogP contribution in [0.1, 0.15) is 42.1 Å². The first kappa shape index (κ1) is 13.8. The third-order valence-electron chi connectivity index (χ3n) is 4.16. The number of hydrogen-bond acceptors (Lipinski definition) is 3. The standard InChI is InChI=1S/C16H18N2O3/c1-10(19)11-4-6-14-12(9-11)3-2-8-18(14)16(21)13-5-7-15(20)17-13/h4,6,9,13H,2-3,5,7-8H2,1H3,(H,17,20). The van der Waals surface area contributed by atoms with E-state index in [2.05, 4.69) is 5.32 Å². The quantitative estimate of drug-likeness (QED) is 0.837. The van der Waals surface area contributed by atoms with Crippen molar-refractivity contribution in [2.45, 2.75) is 38.6 Å². The summed E-state index contributed by atoms with van der Waals surface area (Å²) in [5.41, 5.74) is 2.58. The van der Waals surface area contributed by atoms with Gasteiger partial charge >= 0.3 is 0 Å². The number of ketones is 1. The molecule has 1 aromatic rings. The molecule has 2 amide bonds. The van der Waals surface area contributed by atoms with Crippen LogP contribution in [0.25, 0.3) is 0 Å². The highest BCUT2D eigenvalue weighted by molar-refractivity contribution is 6.02. The second-order valence-corrected chi connectivity index (χ2v) is 5.65. The van der Waals surface area contributed by atoms with Gasteiger partial charge in [0.25, 0.3) is 0 Å². The Bertz CT molecular complexity index is 624. The van der Waals surface area contributed by atoms with Crippen LogP contribution in [-0.2, 0) is 16.0 Å². The molecule has 0 radical (unpaired) electrons. The number of amides is 2. The molecule has 5 heteroatoms. The molecule has 0 spiro atoms. The third kappa shape index (κ3) is 2.55. The van der Waals surface area contributed by atoms with Crippen LogP contribution in [-0.4, -0.2) is 30.2 Å². The molecule has 3 rings (SSSR count). The molecule has 1 fully saturated rings. The Morgan fingerprint density at radius 1 is 1.29 bits per heavy atom. The Kier molecular flexibility index (Phi) is 3.49. The first-order valence-electron chi connectivity index (χ1n) is 7.31. The van der Waals surface area contributed by atoms with Crippen LogP contribution in [0.4, 0.5) is 5.69 Å². The van der Waals surface area contributed by atoms with Gasteiger partial charge in [0.2, 0.25) is 11.8 Å². The highest BCUT2D eigenvalue weighted by atomic mass is 16.2. The van der Waals surface area contributed by atoms with Crippen LogP contribution >= 0.6 is 0 Å². The Hall–Kier alpha value is -2.17. The van der Waals surface area contributed by atoms with E-state index < -0.39 is 6.04 Å². The molecule has 1 atom stereocenters. The summed E-state index contributed by atoms with van der Waals surface area (Å²) >= 11 is 0. The number of Topliss-reactive ketones (excluding diaryl/α,β-unsaturated/α-hetero) is 1. The molecule has 110 valence electrons. The third-order valence-corrected chi connectivity index (χ3v) is 4.16. The average Bonchev–Trinajstić information content (AvgIpc) is 2.91. The zero-order valence-corrected chi connectivity index (χ0v) is 12.0. The van der Waals surface area contributed by atoms with Crippen molar-refractivity contribution in [1.29, 1.82) is 0 Å². The number of aryl methyl sites for hydroxylation is 1. The molecule has 1 unspecified atom stereocenters. The van der Waals surface area contributed by atoms with E-state index in [1.54, 1.807) is 17.9 Å². The van der Waals surface area contributed by atoms with E-state index >= 15 is 0 Å². The number of nitrogens with one attached hydrogen (secondary N) is 1. The van der Waals surface area contributed by atoms with Crippen molar-refractivity contribution in [2.24, 2.45) is 0 Å². The van der Waals surface area contributed by atoms with E-state index in [-0.39, 0.29) is 17.6 Å². The summed E-state index contributed by atoms with van der Waals surface area (Å²) < 4.78 is 0. The SMILES string of the molecule is CC(=O)c1ccc2c(c1)CCCN2C(=O)C1CCC(=O)N1. The minimum absolute atomic E-state index is 0.0318. The topological polar surface area (TPSA) is 66.5 Å². The Balaban J connectivity index is 1.88. The lowest BCUT2D eigenvalue weighted by molar-refractivity contribution is -0.124. The molecule has 1 saturated heterocycles. The van der Waals surface area contributed by atoms with Crippen molar-refractivity contribution in [3.8, 4) is 0 Å². The molecular formula is C16H18N2O3. The van der Waals surface area contributed by atoms with E-state index in [0.717, 1.165) is 24.1 Å². The van der Waals surface area contributed by atoms with Crippen LogP contribution in [0.2, 0.25) is 0 Å². The van der Waals surface area contributed by atoms with E-state index in [0.29, 0.717) is 24.9 Å². The highest BCUT2D eigenvalue weighted by Gasteiger charge is 2.33. The summed E-state index contributed by atoms with van der Waals surface area (Å²) in [6.45, 7) is 2.21. The lowest BCUT2D eigenvalue weighted by Gasteiger charge is -2.31. The fourth-order valence-electron chi connectivity index (χ4n) is 3.03. The van der Waals surface area contributed by atoms with Gasteiger partial charge in [-0.25, -0.2) is 0 Å². The Morgan fingerprint density at radius 3 is 2.76 bits per heavy atom. The fourth-order valence-corrected chi connectivity index (χ4v) is 3.03.